The lowest BCUT2D eigenvalue weighted by Gasteiger charge is -2.46. The Hall–Kier alpha value is -3.14. The van der Waals surface area contributed by atoms with Crippen LogP contribution < -0.4 is 25.6 Å². The zero-order chi connectivity index (χ0) is 32.1. The first-order valence-electron chi connectivity index (χ1n) is 16.1. The molecule has 2 bridgehead atoms. The first-order chi connectivity index (χ1) is 20.9. The number of nitrogens with zero attached hydrogens (tertiary/aromatic N) is 2. The van der Waals surface area contributed by atoms with E-state index >= 15 is 4.39 Å². The minimum Gasteiger partial charge on any atom is -0.482 e. The molecule has 1 aromatic carbocycles. The first-order valence-corrected chi connectivity index (χ1v) is 16.1. The number of amides is 1. The van der Waals surface area contributed by atoms with Crippen LogP contribution in [0, 0.1) is 0 Å². The number of hydrogen-bond donors (Lipinski definition) is 3. The lowest BCUT2D eigenvalue weighted by molar-refractivity contribution is -0.118. The fraction of sp³-hybridized carbons (Fsp3) is 0.571. The Morgan fingerprint density at radius 2 is 1.77 bits per heavy atom. The van der Waals surface area contributed by atoms with E-state index < -0.39 is 11.9 Å². The number of benzene rings is 1. The summed E-state index contributed by atoms with van der Waals surface area (Å²) < 4.78 is 27.9. The molecule has 0 spiro atoms. The summed E-state index contributed by atoms with van der Waals surface area (Å²) in [5.74, 6) is 0.00606. The van der Waals surface area contributed by atoms with Crippen molar-refractivity contribution in [1.29, 1.82) is 0 Å². The summed E-state index contributed by atoms with van der Waals surface area (Å²) in [4.78, 5) is 18.1. The van der Waals surface area contributed by atoms with Gasteiger partial charge in [0, 0.05) is 56.0 Å². The van der Waals surface area contributed by atoms with E-state index in [9.17, 15) is 4.79 Å². The van der Waals surface area contributed by atoms with E-state index in [1.54, 1.807) is 0 Å². The molecule has 8 nitrogen and oxygen atoms in total. The van der Waals surface area contributed by atoms with Gasteiger partial charge in [0.25, 0.3) is 5.91 Å². The van der Waals surface area contributed by atoms with Gasteiger partial charge in [-0.1, -0.05) is 32.6 Å². The second-order valence-electron chi connectivity index (χ2n) is 13.2. The van der Waals surface area contributed by atoms with Gasteiger partial charge in [0.2, 0.25) is 0 Å². The van der Waals surface area contributed by atoms with Crippen LogP contribution in [0.5, 0.6) is 5.75 Å². The van der Waals surface area contributed by atoms with Crippen LogP contribution in [0.4, 0.5) is 10.1 Å². The standard InChI is InChI=1S/C33H46FN5O3.C2H6/c1-22-24-17-27(34)30(35-11-12-38-13-15-41-16-14-38)23(2)42-29-10-8-7-9-28(29)39(20-24)21-26(22)31(40)36-25-18-32(3,4)37-33(5,6)19-25;1-2/h7-10,17,21,23,25,35,37H,1,11-16,18-20H2,2-6H3,(H,36,40);1-2H3/b24-17+,30-27-;. The monoisotopic (exact) mass is 609 g/mol. The zero-order valence-electron chi connectivity index (χ0n) is 27.7. The van der Waals surface area contributed by atoms with Crippen LogP contribution in [0.1, 0.15) is 61.3 Å². The molecule has 44 heavy (non-hydrogen) atoms. The molecule has 2 saturated heterocycles. The van der Waals surface area contributed by atoms with Crippen LogP contribution in [0.3, 0.4) is 0 Å². The van der Waals surface area contributed by atoms with Gasteiger partial charge in [-0.2, -0.15) is 0 Å². The van der Waals surface area contributed by atoms with E-state index in [4.69, 9.17) is 9.47 Å². The molecule has 0 aliphatic carbocycles. The van der Waals surface area contributed by atoms with Crippen molar-refractivity contribution >= 4 is 11.6 Å². The van der Waals surface area contributed by atoms with Gasteiger partial charge < -0.3 is 30.3 Å². The predicted octanol–water partition coefficient (Wildman–Crippen LogP) is 5.21. The summed E-state index contributed by atoms with van der Waals surface area (Å²) >= 11 is 0. The molecule has 1 aromatic rings. The summed E-state index contributed by atoms with van der Waals surface area (Å²) in [5.41, 5.74) is 2.59. The van der Waals surface area contributed by atoms with Crippen LogP contribution in [0.15, 0.2) is 71.4 Å². The van der Waals surface area contributed by atoms with Gasteiger partial charge in [-0.25, -0.2) is 4.39 Å². The highest BCUT2D eigenvalue weighted by molar-refractivity contribution is 6.00. The quantitative estimate of drug-likeness (QED) is 0.409. The average Bonchev–Trinajstić information content (AvgIpc) is 2.96. The smallest absolute Gasteiger partial charge is 0.253 e. The molecule has 0 saturated carbocycles. The third kappa shape index (κ3) is 8.31. The Morgan fingerprint density at radius 1 is 1.11 bits per heavy atom. The molecule has 5 rings (SSSR count). The van der Waals surface area contributed by atoms with Crippen molar-refractivity contribution in [1.82, 2.24) is 20.9 Å². The van der Waals surface area contributed by atoms with Crippen molar-refractivity contribution < 1.29 is 18.7 Å². The van der Waals surface area contributed by atoms with Gasteiger partial charge in [0.1, 0.15) is 17.7 Å². The number of morpholine rings is 1. The van der Waals surface area contributed by atoms with Gasteiger partial charge >= 0.3 is 0 Å². The summed E-state index contributed by atoms with van der Waals surface area (Å²) in [5, 5.41) is 10.3. The van der Waals surface area contributed by atoms with Gasteiger partial charge in [0.05, 0.1) is 30.2 Å². The second-order valence-corrected chi connectivity index (χ2v) is 13.2. The van der Waals surface area contributed by atoms with E-state index in [1.807, 2.05) is 56.1 Å². The summed E-state index contributed by atoms with van der Waals surface area (Å²) in [6.45, 7) is 23.6. The topological polar surface area (TPSA) is 78.1 Å². The molecule has 1 amide bonds. The summed E-state index contributed by atoms with van der Waals surface area (Å²) in [6.07, 6.45) is 4.39. The molecular formula is C35H52FN5O3. The fourth-order valence-corrected chi connectivity index (χ4v) is 6.77. The molecule has 1 unspecified atom stereocenters. The van der Waals surface area contributed by atoms with Gasteiger partial charge in [-0.3, -0.25) is 9.69 Å². The Morgan fingerprint density at radius 3 is 2.45 bits per heavy atom. The van der Waals surface area contributed by atoms with E-state index in [-0.39, 0.29) is 23.0 Å². The SMILES string of the molecule is C=C1C(C(=O)NC2CC(C)(C)NC(C)(C)C2)=CN2C/C1=C\C(F)=C(\NCCN1CCOCC1)C(C)Oc1ccccc12.CC. The van der Waals surface area contributed by atoms with Gasteiger partial charge in [-0.15, -0.1) is 0 Å². The number of piperidine rings is 1. The van der Waals surface area contributed by atoms with Crippen LogP contribution in [0.25, 0.3) is 0 Å². The highest BCUT2D eigenvalue weighted by Crippen LogP contribution is 2.37. The normalized spacial score (nSPS) is 26.5. The third-order valence-electron chi connectivity index (χ3n) is 8.40. The Balaban J connectivity index is 0.00000216. The molecule has 4 aliphatic rings. The number of ether oxygens (including phenoxy) is 2. The van der Waals surface area contributed by atoms with Crippen LogP contribution in [-0.4, -0.2) is 80.0 Å². The van der Waals surface area contributed by atoms with Crippen molar-refractivity contribution in [2.24, 2.45) is 0 Å². The molecule has 1 atom stereocenters. The molecule has 4 heterocycles. The molecular weight excluding hydrogens is 557 g/mol. The van der Waals surface area contributed by atoms with Crippen LogP contribution >= 0.6 is 0 Å². The van der Waals surface area contributed by atoms with Gasteiger partial charge in [-0.05, 0) is 76.8 Å². The Bertz CT molecular complexity index is 1280. The summed E-state index contributed by atoms with van der Waals surface area (Å²) in [7, 11) is 0. The van der Waals surface area contributed by atoms with Crippen LogP contribution in [-0.2, 0) is 9.53 Å². The lowest BCUT2D eigenvalue weighted by Crippen LogP contribution is -2.62. The van der Waals surface area contributed by atoms with Crippen molar-refractivity contribution in [3.05, 3.63) is 71.4 Å². The number of anilines is 1. The maximum atomic E-state index is 16.1. The summed E-state index contributed by atoms with van der Waals surface area (Å²) in [6, 6.07) is 7.69. The largest absolute Gasteiger partial charge is 0.482 e. The lowest BCUT2D eigenvalue weighted by atomic mass is 9.79. The number of fused-ring (bicyclic) bond motifs is 4. The van der Waals surface area contributed by atoms with Crippen molar-refractivity contribution in [3.63, 3.8) is 0 Å². The number of para-hydroxylation sites is 2. The maximum Gasteiger partial charge on any atom is 0.253 e. The number of halogens is 1. The second kappa shape index (κ2) is 14.3. The van der Waals surface area contributed by atoms with Gasteiger partial charge in [0.15, 0.2) is 0 Å². The Labute approximate surface area is 263 Å². The minimum atomic E-state index is -0.556. The maximum absolute atomic E-state index is 16.1. The van der Waals surface area contributed by atoms with Crippen LogP contribution in [0.2, 0.25) is 0 Å². The van der Waals surface area contributed by atoms with E-state index in [1.165, 1.54) is 6.08 Å². The van der Waals surface area contributed by atoms with E-state index in [0.717, 1.165) is 38.2 Å². The fourth-order valence-electron chi connectivity index (χ4n) is 6.77. The number of rotatable bonds is 6. The highest BCUT2D eigenvalue weighted by atomic mass is 19.1. The highest BCUT2D eigenvalue weighted by Gasteiger charge is 2.39. The molecule has 4 aliphatic heterocycles. The number of carbonyl (C=O) groups is 1. The molecule has 2 fully saturated rings. The number of carbonyl (C=O) groups excluding carboxylic acids is 1. The average molecular weight is 610 g/mol. The molecule has 0 aromatic heterocycles. The zero-order valence-corrected chi connectivity index (χ0v) is 27.7. The molecule has 0 radical (unpaired) electrons. The number of nitrogens with one attached hydrogen (secondary N) is 3. The van der Waals surface area contributed by atoms with E-state index in [0.29, 0.717) is 54.5 Å². The molecule has 9 heteroatoms. The molecule has 242 valence electrons. The Kier molecular flexibility index (Phi) is 11.0. The number of hydrogen-bond acceptors (Lipinski definition) is 7. The van der Waals surface area contributed by atoms with Crippen molar-refractivity contribution in [3.8, 4) is 5.75 Å². The predicted molar refractivity (Wildman–Crippen MR) is 176 cm³/mol. The van der Waals surface area contributed by atoms with Crippen molar-refractivity contribution in [2.45, 2.75) is 84.5 Å². The third-order valence-corrected chi connectivity index (χ3v) is 8.40. The minimum absolute atomic E-state index is 0.00508. The molecule has 3 N–H and O–H groups in total. The first kappa shape index (κ1) is 33.7. The van der Waals surface area contributed by atoms with Crippen molar-refractivity contribution in [2.75, 3.05) is 50.8 Å². The number of allylic oxidation sites excluding steroid dienone is 2. The van der Waals surface area contributed by atoms with E-state index in [2.05, 4.69) is 55.1 Å².